The zero-order valence-electron chi connectivity index (χ0n) is 11.9. The SMILES string of the molecule is CNC(=O)c1ccc(Cl)c(NC(=O)CCC(C)(C)N)c1. The van der Waals surface area contributed by atoms with Crippen LogP contribution < -0.4 is 16.4 Å². The fraction of sp³-hybridized carbons (Fsp3) is 0.429. The van der Waals surface area contributed by atoms with Crippen molar-refractivity contribution < 1.29 is 9.59 Å². The average Bonchev–Trinajstić information content (AvgIpc) is 2.37. The van der Waals surface area contributed by atoms with Crippen LogP contribution in [0.5, 0.6) is 0 Å². The highest BCUT2D eigenvalue weighted by atomic mass is 35.5. The van der Waals surface area contributed by atoms with Crippen LogP contribution in [-0.2, 0) is 4.79 Å². The van der Waals surface area contributed by atoms with Crippen LogP contribution in [0.3, 0.4) is 0 Å². The molecule has 5 nitrogen and oxygen atoms in total. The van der Waals surface area contributed by atoms with Crippen LogP contribution in [0.2, 0.25) is 5.02 Å². The summed E-state index contributed by atoms with van der Waals surface area (Å²) in [7, 11) is 1.54. The van der Waals surface area contributed by atoms with E-state index in [4.69, 9.17) is 17.3 Å². The Morgan fingerprint density at radius 1 is 1.35 bits per heavy atom. The number of hydrogen-bond acceptors (Lipinski definition) is 3. The number of hydrogen-bond donors (Lipinski definition) is 3. The van der Waals surface area contributed by atoms with Gasteiger partial charge in [0.05, 0.1) is 10.7 Å². The lowest BCUT2D eigenvalue weighted by molar-refractivity contribution is -0.116. The number of rotatable bonds is 5. The third-order valence-electron chi connectivity index (χ3n) is 2.73. The van der Waals surface area contributed by atoms with Gasteiger partial charge in [0.1, 0.15) is 0 Å². The Kier molecular flexibility index (Phi) is 5.53. The molecule has 0 unspecified atom stereocenters. The fourth-order valence-electron chi connectivity index (χ4n) is 1.56. The first-order chi connectivity index (χ1) is 9.23. The zero-order chi connectivity index (χ0) is 15.3. The van der Waals surface area contributed by atoms with Gasteiger partial charge in [0, 0.05) is 24.6 Å². The summed E-state index contributed by atoms with van der Waals surface area (Å²) in [6.07, 6.45) is 0.857. The van der Waals surface area contributed by atoms with Crippen LogP contribution in [0.15, 0.2) is 18.2 Å². The minimum Gasteiger partial charge on any atom is -0.355 e. The van der Waals surface area contributed by atoms with E-state index >= 15 is 0 Å². The number of anilines is 1. The molecule has 1 rings (SSSR count). The van der Waals surface area contributed by atoms with Crippen molar-refractivity contribution in [3.05, 3.63) is 28.8 Å². The number of benzene rings is 1. The van der Waals surface area contributed by atoms with Crippen LogP contribution in [-0.4, -0.2) is 24.4 Å². The van der Waals surface area contributed by atoms with Crippen molar-refractivity contribution in [2.45, 2.75) is 32.2 Å². The lowest BCUT2D eigenvalue weighted by Crippen LogP contribution is -2.33. The quantitative estimate of drug-likeness (QED) is 0.778. The molecule has 0 saturated carbocycles. The summed E-state index contributed by atoms with van der Waals surface area (Å²) in [5, 5.41) is 5.60. The van der Waals surface area contributed by atoms with E-state index in [2.05, 4.69) is 10.6 Å². The molecule has 0 heterocycles. The van der Waals surface area contributed by atoms with Crippen molar-refractivity contribution in [3.63, 3.8) is 0 Å². The van der Waals surface area contributed by atoms with Crippen LogP contribution in [0.4, 0.5) is 5.69 Å². The van der Waals surface area contributed by atoms with E-state index in [0.717, 1.165) is 0 Å². The highest BCUT2D eigenvalue weighted by Gasteiger charge is 2.15. The molecule has 0 fully saturated rings. The molecule has 1 aromatic rings. The topological polar surface area (TPSA) is 84.2 Å². The Balaban J connectivity index is 2.76. The van der Waals surface area contributed by atoms with Gasteiger partial charge in [-0.1, -0.05) is 11.6 Å². The molecule has 0 spiro atoms. The molecule has 6 heteroatoms. The fourth-order valence-corrected chi connectivity index (χ4v) is 1.72. The molecule has 0 aliphatic rings. The number of nitrogens with two attached hydrogens (primary N) is 1. The second-order valence-electron chi connectivity index (χ2n) is 5.31. The van der Waals surface area contributed by atoms with E-state index in [1.54, 1.807) is 25.2 Å². The second kappa shape index (κ2) is 6.72. The lowest BCUT2D eigenvalue weighted by Gasteiger charge is -2.17. The molecule has 20 heavy (non-hydrogen) atoms. The summed E-state index contributed by atoms with van der Waals surface area (Å²) < 4.78 is 0. The third-order valence-corrected chi connectivity index (χ3v) is 3.06. The predicted octanol–water partition coefficient (Wildman–Crippen LogP) is 2.16. The molecule has 1 aromatic carbocycles. The van der Waals surface area contributed by atoms with Gasteiger partial charge in [-0.25, -0.2) is 0 Å². The lowest BCUT2D eigenvalue weighted by atomic mass is 10.00. The van der Waals surface area contributed by atoms with E-state index in [0.29, 0.717) is 29.1 Å². The molecule has 0 aliphatic carbocycles. The molecule has 0 bridgehead atoms. The van der Waals surface area contributed by atoms with Gasteiger partial charge in [-0.2, -0.15) is 0 Å². The van der Waals surface area contributed by atoms with Gasteiger partial charge in [-0.3, -0.25) is 9.59 Å². The molecule has 2 amide bonds. The van der Waals surface area contributed by atoms with Crippen molar-refractivity contribution in [1.29, 1.82) is 0 Å². The number of nitrogens with one attached hydrogen (secondary N) is 2. The van der Waals surface area contributed by atoms with Crippen LogP contribution in [0.25, 0.3) is 0 Å². The van der Waals surface area contributed by atoms with E-state index in [1.165, 1.54) is 0 Å². The monoisotopic (exact) mass is 297 g/mol. The van der Waals surface area contributed by atoms with Gasteiger partial charge in [-0.05, 0) is 38.5 Å². The molecular formula is C14H20ClN3O2. The van der Waals surface area contributed by atoms with Gasteiger partial charge in [-0.15, -0.1) is 0 Å². The van der Waals surface area contributed by atoms with E-state index in [9.17, 15) is 9.59 Å². The molecular weight excluding hydrogens is 278 g/mol. The summed E-state index contributed by atoms with van der Waals surface area (Å²) in [5.74, 6) is -0.417. The standard InChI is InChI=1S/C14H20ClN3O2/c1-14(2,16)7-6-12(19)18-11-8-9(13(20)17-3)4-5-10(11)15/h4-5,8H,6-7,16H2,1-3H3,(H,17,20)(H,18,19). The zero-order valence-corrected chi connectivity index (χ0v) is 12.7. The maximum absolute atomic E-state index is 11.8. The predicted molar refractivity (Wildman–Crippen MR) is 81.0 cm³/mol. The molecule has 0 saturated heterocycles. The van der Waals surface area contributed by atoms with E-state index in [1.807, 2.05) is 13.8 Å². The third kappa shape index (κ3) is 5.19. The van der Waals surface area contributed by atoms with E-state index < -0.39 is 5.54 Å². The first kappa shape index (κ1) is 16.5. The van der Waals surface area contributed by atoms with Crippen molar-refractivity contribution in [2.24, 2.45) is 5.73 Å². The summed E-state index contributed by atoms with van der Waals surface area (Å²) in [4.78, 5) is 23.4. The molecule has 0 aromatic heterocycles. The average molecular weight is 298 g/mol. The normalized spacial score (nSPS) is 11.1. The van der Waals surface area contributed by atoms with E-state index in [-0.39, 0.29) is 11.8 Å². The highest BCUT2D eigenvalue weighted by molar-refractivity contribution is 6.33. The number of carbonyl (C=O) groups excluding carboxylic acids is 2. The van der Waals surface area contributed by atoms with Crippen molar-refractivity contribution in [2.75, 3.05) is 12.4 Å². The maximum Gasteiger partial charge on any atom is 0.251 e. The molecule has 0 radical (unpaired) electrons. The Labute approximate surface area is 123 Å². The molecule has 4 N–H and O–H groups in total. The minimum absolute atomic E-state index is 0.181. The van der Waals surface area contributed by atoms with Crippen LogP contribution in [0, 0.1) is 0 Å². The van der Waals surface area contributed by atoms with Crippen molar-refractivity contribution in [1.82, 2.24) is 5.32 Å². The summed E-state index contributed by atoms with van der Waals surface area (Å²) in [6, 6.07) is 4.72. The molecule has 110 valence electrons. The Morgan fingerprint density at radius 3 is 2.55 bits per heavy atom. The van der Waals surface area contributed by atoms with Crippen molar-refractivity contribution in [3.8, 4) is 0 Å². The Hall–Kier alpha value is -1.59. The minimum atomic E-state index is -0.398. The molecule has 0 atom stereocenters. The number of carbonyl (C=O) groups is 2. The summed E-state index contributed by atoms with van der Waals surface area (Å²) >= 11 is 6.01. The highest BCUT2D eigenvalue weighted by Crippen LogP contribution is 2.23. The summed E-state index contributed by atoms with van der Waals surface area (Å²) in [6.45, 7) is 3.72. The molecule has 0 aliphatic heterocycles. The Morgan fingerprint density at radius 2 is 2.00 bits per heavy atom. The first-order valence-electron chi connectivity index (χ1n) is 6.33. The van der Waals surface area contributed by atoms with Crippen molar-refractivity contribution >= 4 is 29.1 Å². The summed E-state index contributed by atoms with van der Waals surface area (Å²) in [5.41, 5.74) is 6.29. The smallest absolute Gasteiger partial charge is 0.251 e. The van der Waals surface area contributed by atoms with Gasteiger partial charge >= 0.3 is 0 Å². The van der Waals surface area contributed by atoms with Gasteiger partial charge < -0.3 is 16.4 Å². The Bertz CT molecular complexity index is 510. The van der Waals surface area contributed by atoms with Crippen LogP contribution in [0.1, 0.15) is 37.0 Å². The maximum atomic E-state index is 11.8. The number of halogens is 1. The van der Waals surface area contributed by atoms with Gasteiger partial charge in [0.25, 0.3) is 5.91 Å². The van der Waals surface area contributed by atoms with Crippen LogP contribution >= 0.6 is 11.6 Å². The van der Waals surface area contributed by atoms with Gasteiger partial charge in [0.2, 0.25) is 5.91 Å². The van der Waals surface area contributed by atoms with Gasteiger partial charge in [0.15, 0.2) is 0 Å². The number of amides is 2. The largest absolute Gasteiger partial charge is 0.355 e. The first-order valence-corrected chi connectivity index (χ1v) is 6.71. The second-order valence-corrected chi connectivity index (χ2v) is 5.72.